The van der Waals surface area contributed by atoms with Crippen LogP contribution < -0.4 is 0 Å². The van der Waals surface area contributed by atoms with Gasteiger partial charge in [-0.25, -0.2) is 0 Å². The molecule has 0 heterocycles. The van der Waals surface area contributed by atoms with Gasteiger partial charge in [-0.15, -0.1) is 0 Å². The summed E-state index contributed by atoms with van der Waals surface area (Å²) in [6.07, 6.45) is 4.98. The Kier molecular flexibility index (Phi) is 7.33. The molecular weight excluding hydrogens is 466 g/mol. The van der Waals surface area contributed by atoms with E-state index in [0.717, 1.165) is 59.1 Å². The molecule has 0 N–H and O–H groups in total. The first kappa shape index (κ1) is 25.4. The maximum atomic E-state index is 12.6. The van der Waals surface area contributed by atoms with Crippen molar-refractivity contribution in [3.63, 3.8) is 0 Å². The van der Waals surface area contributed by atoms with Crippen LogP contribution in [0.25, 0.3) is 0 Å². The minimum Gasteiger partial charge on any atom is -0.289 e. The van der Waals surface area contributed by atoms with E-state index in [1.54, 1.807) is 0 Å². The van der Waals surface area contributed by atoms with Crippen LogP contribution >= 0.6 is 0 Å². The van der Waals surface area contributed by atoms with Gasteiger partial charge in [0.25, 0.3) is 0 Å². The molecule has 0 aliphatic heterocycles. The van der Waals surface area contributed by atoms with E-state index >= 15 is 0 Å². The molecule has 0 fully saturated rings. The van der Waals surface area contributed by atoms with Crippen molar-refractivity contribution in [1.82, 2.24) is 0 Å². The van der Waals surface area contributed by atoms with Crippen LogP contribution in [-0.2, 0) is 19.3 Å². The van der Waals surface area contributed by atoms with Crippen molar-refractivity contribution in [2.24, 2.45) is 0 Å². The van der Waals surface area contributed by atoms with Gasteiger partial charge in [0.2, 0.25) is 0 Å². The minimum atomic E-state index is -0.0595. The molecule has 1 unspecified atom stereocenters. The molecule has 0 aromatic heterocycles. The number of nitrogens with zero attached hydrogens (tertiary/aromatic N) is 1. The lowest BCUT2D eigenvalue weighted by Crippen LogP contribution is -2.05. The fourth-order valence-electron chi connectivity index (χ4n) is 5.55. The fraction of sp³-hybridized carbons (Fsp3) is 0.229. The third-order valence-corrected chi connectivity index (χ3v) is 7.69. The van der Waals surface area contributed by atoms with E-state index in [0.29, 0.717) is 5.56 Å². The summed E-state index contributed by atoms with van der Waals surface area (Å²) in [5.74, 6) is 0.157. The zero-order valence-corrected chi connectivity index (χ0v) is 22.0. The number of nitriles is 1. The number of carbonyl (C=O) groups excluding carboxylic acids is 2. The van der Waals surface area contributed by atoms with E-state index in [9.17, 15) is 9.59 Å². The normalized spacial score (nSPS) is 15.0. The first-order chi connectivity index (χ1) is 18.5. The first-order valence-corrected chi connectivity index (χ1v) is 13.3. The minimum absolute atomic E-state index is 0.0560. The van der Waals surface area contributed by atoms with Crippen LogP contribution in [0.1, 0.15) is 84.0 Å². The third-order valence-electron chi connectivity index (χ3n) is 7.69. The van der Waals surface area contributed by atoms with Gasteiger partial charge in [0.05, 0.1) is 12.0 Å². The summed E-state index contributed by atoms with van der Waals surface area (Å²) in [4.78, 5) is 25.1. The van der Waals surface area contributed by atoms with Gasteiger partial charge in [0.1, 0.15) is 0 Å². The van der Waals surface area contributed by atoms with Gasteiger partial charge >= 0.3 is 0 Å². The topological polar surface area (TPSA) is 57.9 Å². The summed E-state index contributed by atoms with van der Waals surface area (Å²) in [7, 11) is 0. The van der Waals surface area contributed by atoms with Crippen LogP contribution in [0.3, 0.4) is 0 Å². The number of aryl methyl sites for hydroxylation is 3. The van der Waals surface area contributed by atoms with Crippen molar-refractivity contribution in [2.45, 2.75) is 51.9 Å². The number of ketones is 2. The smallest absolute Gasteiger partial charge is 0.193 e. The van der Waals surface area contributed by atoms with Crippen molar-refractivity contribution in [1.29, 1.82) is 5.26 Å². The molecule has 0 saturated heterocycles. The molecule has 0 bridgehead atoms. The third kappa shape index (κ3) is 5.08. The van der Waals surface area contributed by atoms with Crippen LogP contribution in [0.4, 0.5) is 0 Å². The molecule has 4 aromatic rings. The van der Waals surface area contributed by atoms with Crippen LogP contribution in [0.2, 0.25) is 0 Å². The zero-order chi connectivity index (χ0) is 26.6. The highest BCUT2D eigenvalue weighted by Crippen LogP contribution is 2.35. The van der Waals surface area contributed by atoms with Gasteiger partial charge in [0, 0.05) is 22.3 Å². The first-order valence-electron chi connectivity index (χ1n) is 13.3. The quantitative estimate of drug-likeness (QED) is 0.274. The zero-order valence-electron chi connectivity index (χ0n) is 22.0. The van der Waals surface area contributed by atoms with Gasteiger partial charge < -0.3 is 0 Å². The van der Waals surface area contributed by atoms with E-state index in [1.165, 1.54) is 23.1 Å². The SMILES string of the molecule is Cc1ccc(C(=O)c2cccc3c2CCC3)cc1.Cc1ccc(C(=O)c2cccc3c2CCC3C#N)cc1. The average molecular weight is 498 g/mol. The highest BCUT2D eigenvalue weighted by molar-refractivity contribution is 6.10. The van der Waals surface area contributed by atoms with Gasteiger partial charge in [-0.3, -0.25) is 9.59 Å². The second-order valence-electron chi connectivity index (χ2n) is 10.3. The molecule has 0 amide bonds. The lowest BCUT2D eigenvalue weighted by molar-refractivity contribution is 0.103. The number of benzene rings is 4. The Morgan fingerprint density at radius 2 is 1.24 bits per heavy atom. The number of fused-ring (bicyclic) bond motifs is 2. The summed E-state index contributed by atoms with van der Waals surface area (Å²) in [5.41, 5.74) is 10.2. The summed E-state index contributed by atoms with van der Waals surface area (Å²) >= 11 is 0. The Balaban J connectivity index is 0.000000156. The molecule has 0 spiro atoms. The number of hydrogen-bond acceptors (Lipinski definition) is 3. The van der Waals surface area contributed by atoms with Gasteiger partial charge in [-0.1, -0.05) is 96.1 Å². The summed E-state index contributed by atoms with van der Waals surface area (Å²) in [5, 5.41) is 9.15. The second kappa shape index (κ2) is 11.0. The Labute approximate surface area is 224 Å². The van der Waals surface area contributed by atoms with E-state index in [2.05, 4.69) is 12.1 Å². The van der Waals surface area contributed by atoms with Crippen molar-refractivity contribution in [3.05, 3.63) is 141 Å². The average Bonchev–Trinajstić information content (AvgIpc) is 3.60. The van der Waals surface area contributed by atoms with E-state index in [-0.39, 0.29) is 17.5 Å². The molecule has 3 heteroatoms. The maximum absolute atomic E-state index is 12.6. The molecule has 2 aliphatic rings. The molecular formula is C35H31NO2. The summed E-state index contributed by atoms with van der Waals surface area (Å²) in [6.45, 7) is 4.04. The van der Waals surface area contributed by atoms with Gasteiger partial charge in [-0.2, -0.15) is 5.26 Å². The van der Waals surface area contributed by atoms with Crippen LogP contribution in [-0.4, -0.2) is 11.6 Å². The summed E-state index contributed by atoms with van der Waals surface area (Å²) in [6, 6.07) is 29.7. The fourth-order valence-corrected chi connectivity index (χ4v) is 5.55. The van der Waals surface area contributed by atoms with Crippen molar-refractivity contribution >= 4 is 11.6 Å². The second-order valence-corrected chi connectivity index (χ2v) is 10.3. The van der Waals surface area contributed by atoms with E-state index < -0.39 is 0 Å². The Morgan fingerprint density at radius 3 is 1.82 bits per heavy atom. The standard InChI is InChI=1S/C18H15NO.C17H16O/c1-12-5-7-13(8-6-12)18(20)17-4-2-3-15-14(11-19)9-10-16(15)17;1-12-8-10-14(11-9-12)17(18)16-7-3-5-13-4-2-6-15(13)16/h2-8,14H,9-10H2,1H3;3,5,7-11H,2,4,6H2,1H3. The van der Waals surface area contributed by atoms with E-state index in [4.69, 9.17) is 5.26 Å². The van der Waals surface area contributed by atoms with Gasteiger partial charge in [-0.05, 0) is 68.2 Å². The van der Waals surface area contributed by atoms with Crippen LogP contribution in [0.15, 0.2) is 84.9 Å². The van der Waals surface area contributed by atoms with Crippen molar-refractivity contribution in [2.75, 3.05) is 0 Å². The molecule has 1 atom stereocenters. The van der Waals surface area contributed by atoms with E-state index in [1.807, 2.05) is 92.7 Å². The Bertz CT molecular complexity index is 1540. The molecule has 3 nitrogen and oxygen atoms in total. The number of hydrogen-bond donors (Lipinski definition) is 0. The lowest BCUT2D eigenvalue weighted by atomic mass is 9.94. The molecule has 188 valence electrons. The maximum Gasteiger partial charge on any atom is 0.193 e. The Hall–Kier alpha value is -4.29. The number of carbonyl (C=O) groups is 2. The lowest BCUT2D eigenvalue weighted by Gasteiger charge is -2.08. The van der Waals surface area contributed by atoms with Crippen molar-refractivity contribution < 1.29 is 9.59 Å². The highest BCUT2D eigenvalue weighted by Gasteiger charge is 2.26. The summed E-state index contributed by atoms with van der Waals surface area (Å²) < 4.78 is 0. The predicted octanol–water partition coefficient (Wildman–Crippen LogP) is 7.49. The highest BCUT2D eigenvalue weighted by atomic mass is 16.1. The van der Waals surface area contributed by atoms with Gasteiger partial charge in [0.15, 0.2) is 11.6 Å². The molecule has 38 heavy (non-hydrogen) atoms. The largest absolute Gasteiger partial charge is 0.289 e. The monoisotopic (exact) mass is 497 g/mol. The van der Waals surface area contributed by atoms with Crippen LogP contribution in [0, 0.1) is 25.2 Å². The predicted molar refractivity (Wildman–Crippen MR) is 151 cm³/mol. The molecule has 0 saturated carbocycles. The number of rotatable bonds is 4. The van der Waals surface area contributed by atoms with Crippen LogP contribution in [0.5, 0.6) is 0 Å². The molecule has 2 aliphatic carbocycles. The molecule has 4 aromatic carbocycles. The Morgan fingerprint density at radius 1 is 0.684 bits per heavy atom. The molecule has 6 rings (SSSR count). The van der Waals surface area contributed by atoms with Crippen molar-refractivity contribution in [3.8, 4) is 6.07 Å². The molecule has 0 radical (unpaired) electrons.